The quantitative estimate of drug-likeness (QED) is 0.0266. The maximum atomic E-state index is 12.4. The molecule has 644 valence electrons. The van der Waals surface area contributed by atoms with Crippen LogP contribution in [-0.4, -0.2) is 495 Å². The first-order valence-corrected chi connectivity index (χ1v) is 36.3. The van der Waals surface area contributed by atoms with Crippen molar-refractivity contribution >= 4 is 0 Å². The Morgan fingerprint density at radius 3 is 0.855 bits per heavy atom. The number of hydrogen-bond acceptors (Lipinski definition) is 47. The van der Waals surface area contributed by atoms with Gasteiger partial charge in [0.1, 0.15) is 220 Å². The first-order chi connectivity index (χ1) is 52.4. The van der Waals surface area contributed by atoms with Gasteiger partial charge in [0.25, 0.3) is 0 Å². The highest BCUT2D eigenvalue weighted by atomic mass is 16.8. The number of aliphatic hydroxyl groups excluding tert-OH is 26. The van der Waals surface area contributed by atoms with Crippen LogP contribution in [0.2, 0.25) is 0 Å². The van der Waals surface area contributed by atoms with Crippen LogP contribution < -0.4 is 11.5 Å². The molecule has 9 fully saturated rings. The Kier molecular flexibility index (Phi) is 34.9. The SMILES string of the molecule is CC(C)C1OC(CO)C(O)C(OC2OC(COCCCN)C(O)C(OC3OC(CO)C(O)C(OC4OC(COC5OC(CO)C(O)C(OC6OC(CO)C(O)C(OC7OC(CO)C(OCCCN)C(O)C7O)C6O)C5O)C(O)C(OC5OC(CO)C(O)C(OC6OC(CO)C(O)C(O)C6O)C5O)C4O)C3O)C2O)C1O. The zero-order chi connectivity index (χ0) is 80.6. The van der Waals surface area contributed by atoms with Gasteiger partial charge in [0.05, 0.1) is 65.6 Å². The summed E-state index contributed by atoms with van der Waals surface area (Å²) in [6.07, 6.45) is -89.5. The fourth-order valence-corrected chi connectivity index (χ4v) is 14.3. The van der Waals surface area contributed by atoms with Crippen molar-refractivity contribution in [1.29, 1.82) is 0 Å². The van der Waals surface area contributed by atoms with Crippen molar-refractivity contribution in [3.63, 3.8) is 0 Å². The lowest BCUT2D eigenvalue weighted by molar-refractivity contribution is -0.401. The Labute approximate surface area is 627 Å². The molecular formula is C63H112N2O45. The van der Waals surface area contributed by atoms with Crippen molar-refractivity contribution in [3.05, 3.63) is 0 Å². The van der Waals surface area contributed by atoms with E-state index in [0.717, 1.165) is 0 Å². The maximum Gasteiger partial charge on any atom is 0.187 e. The summed E-state index contributed by atoms with van der Waals surface area (Å²) >= 11 is 0. The molecule has 45 atom stereocenters. The van der Waals surface area contributed by atoms with Gasteiger partial charge in [-0.1, -0.05) is 13.8 Å². The molecule has 47 nitrogen and oxygen atoms in total. The smallest absolute Gasteiger partial charge is 0.187 e. The fraction of sp³-hybridized carbons (Fsp3) is 1.00. The summed E-state index contributed by atoms with van der Waals surface area (Å²) in [6, 6.07) is 0. The molecule has 110 heavy (non-hydrogen) atoms. The molecular weight excluding hydrogens is 1500 g/mol. The average Bonchev–Trinajstić information content (AvgIpc) is 0.774. The minimum absolute atomic E-state index is 0.00293. The third kappa shape index (κ3) is 20.3. The molecule has 0 radical (unpaired) electrons. The second kappa shape index (κ2) is 41.7. The van der Waals surface area contributed by atoms with Crippen LogP contribution in [0.5, 0.6) is 0 Å². The first kappa shape index (κ1) is 92.0. The predicted octanol–water partition coefficient (Wildman–Crippen LogP) is -18.2. The molecule has 0 amide bonds. The van der Waals surface area contributed by atoms with E-state index in [4.69, 9.17) is 101 Å². The number of ether oxygens (including phenoxy) is 19. The molecule has 0 aromatic heterocycles. The van der Waals surface area contributed by atoms with E-state index in [1.807, 2.05) is 0 Å². The number of nitrogens with two attached hydrogens (primary N) is 2. The van der Waals surface area contributed by atoms with Gasteiger partial charge in [-0.25, -0.2) is 0 Å². The van der Waals surface area contributed by atoms with Crippen LogP contribution in [0.3, 0.4) is 0 Å². The summed E-state index contributed by atoms with van der Waals surface area (Å²) in [5.41, 5.74) is 11.2. The molecule has 9 aliphatic rings. The van der Waals surface area contributed by atoms with E-state index in [1.54, 1.807) is 13.8 Å². The Morgan fingerprint density at radius 2 is 0.509 bits per heavy atom. The van der Waals surface area contributed by atoms with Gasteiger partial charge in [0.2, 0.25) is 0 Å². The van der Waals surface area contributed by atoms with Crippen molar-refractivity contribution in [2.45, 2.75) is 303 Å². The maximum absolute atomic E-state index is 12.4. The van der Waals surface area contributed by atoms with Gasteiger partial charge in [-0.2, -0.15) is 0 Å². The molecule has 47 heteroatoms. The van der Waals surface area contributed by atoms with Crippen molar-refractivity contribution < 1.29 is 223 Å². The Morgan fingerprint density at radius 1 is 0.245 bits per heavy atom. The highest BCUT2D eigenvalue weighted by molar-refractivity contribution is 5.03. The number of hydrogen-bond donors (Lipinski definition) is 28. The number of aliphatic hydroxyl groups is 26. The summed E-state index contributed by atoms with van der Waals surface area (Å²) < 4.78 is 111. The minimum Gasteiger partial charge on any atom is -0.394 e. The van der Waals surface area contributed by atoms with E-state index in [2.05, 4.69) is 0 Å². The Hall–Kier alpha value is -1.88. The first-order valence-electron chi connectivity index (χ1n) is 36.3. The summed E-state index contributed by atoms with van der Waals surface area (Å²) in [6.45, 7) is -4.99. The highest BCUT2D eigenvalue weighted by Gasteiger charge is 2.61. The standard InChI is InChI=1S/C63H112N2O45/c1-18(2)47-40(85)49(29(74)20(10-67)95-47)104-62-45(90)54(34(79)26(102-62)16-92-7-3-5-64)109-61-44(89)53(33(78)24(14-71)100-61)108-63-46(91)55(110-60-42(87)51(31(76)22(12-69)99-60)105-57-38(83)36(81)28(73)19(9-66)97-57)35(80)27(103-63)17-94-56-41(86)50(30(75)21(11-68)96-56)107-59-43(88)52(32(77)23(13-70)98-59)106-58-39(84)37(82)48(25(15-72)101-58)93-8-4-6-65/h18-63,66-91H,3-17,64-65H2,1-2H3. The zero-order valence-electron chi connectivity index (χ0n) is 59.7. The van der Waals surface area contributed by atoms with Crippen LogP contribution in [0.1, 0.15) is 26.7 Å². The lowest BCUT2D eigenvalue weighted by atomic mass is 9.89. The fourth-order valence-electron chi connectivity index (χ4n) is 14.3. The van der Waals surface area contributed by atoms with Crippen molar-refractivity contribution in [2.75, 3.05) is 85.8 Å². The van der Waals surface area contributed by atoms with Crippen LogP contribution in [-0.2, 0) is 90.0 Å². The Balaban J connectivity index is 0.987. The van der Waals surface area contributed by atoms with Gasteiger partial charge in [0.15, 0.2) is 50.3 Å². The Bertz CT molecular complexity index is 2670. The van der Waals surface area contributed by atoms with Crippen molar-refractivity contribution in [3.8, 4) is 0 Å². The van der Waals surface area contributed by atoms with E-state index in [1.165, 1.54) is 0 Å². The van der Waals surface area contributed by atoms with Gasteiger partial charge in [-0.15, -0.1) is 0 Å². The van der Waals surface area contributed by atoms with Gasteiger partial charge in [0, 0.05) is 13.2 Å². The molecule has 0 aromatic rings. The predicted molar refractivity (Wildman–Crippen MR) is 344 cm³/mol. The van der Waals surface area contributed by atoms with E-state index in [0.29, 0.717) is 12.8 Å². The topological polar surface area (TPSA) is 753 Å². The normalized spacial score (nSPS) is 49.9. The zero-order valence-corrected chi connectivity index (χ0v) is 59.7. The van der Waals surface area contributed by atoms with Gasteiger partial charge < -0.3 is 234 Å². The van der Waals surface area contributed by atoms with Gasteiger partial charge >= 0.3 is 0 Å². The number of rotatable bonds is 34. The molecule has 0 bridgehead atoms. The summed E-state index contributed by atoms with van der Waals surface area (Å²) in [5.74, 6) is -0.451. The lowest BCUT2D eigenvalue weighted by Crippen LogP contribution is -2.69. The van der Waals surface area contributed by atoms with E-state index in [9.17, 15) is 133 Å². The molecule has 9 heterocycles. The third-order valence-corrected chi connectivity index (χ3v) is 20.7. The molecule has 9 rings (SSSR count). The van der Waals surface area contributed by atoms with E-state index >= 15 is 0 Å². The van der Waals surface area contributed by atoms with Crippen molar-refractivity contribution in [2.24, 2.45) is 17.4 Å². The van der Waals surface area contributed by atoms with Gasteiger partial charge in [-0.05, 0) is 31.8 Å². The molecule has 30 N–H and O–H groups in total. The summed E-state index contributed by atoms with van der Waals surface area (Å²) in [4.78, 5) is 0. The molecule has 9 aliphatic heterocycles. The summed E-state index contributed by atoms with van der Waals surface area (Å²) in [7, 11) is 0. The van der Waals surface area contributed by atoms with E-state index in [-0.39, 0.29) is 26.3 Å². The monoisotopic (exact) mass is 1620 g/mol. The lowest BCUT2D eigenvalue weighted by Gasteiger charge is -2.50. The highest BCUT2D eigenvalue weighted by Crippen LogP contribution is 2.40. The second-order valence-electron chi connectivity index (χ2n) is 28.6. The third-order valence-electron chi connectivity index (χ3n) is 20.7. The largest absolute Gasteiger partial charge is 0.394 e. The minimum atomic E-state index is -2.52. The van der Waals surface area contributed by atoms with E-state index < -0.39 is 342 Å². The van der Waals surface area contributed by atoms with Crippen LogP contribution >= 0.6 is 0 Å². The van der Waals surface area contributed by atoms with Crippen molar-refractivity contribution in [1.82, 2.24) is 0 Å². The molecule has 45 unspecified atom stereocenters. The second-order valence-corrected chi connectivity index (χ2v) is 28.6. The molecule has 0 spiro atoms. The van der Waals surface area contributed by atoms with Crippen LogP contribution in [0.4, 0.5) is 0 Å². The van der Waals surface area contributed by atoms with Crippen LogP contribution in [0.25, 0.3) is 0 Å². The molecule has 0 aliphatic carbocycles. The molecule has 9 saturated heterocycles. The average molecular weight is 1620 g/mol. The molecule has 0 saturated carbocycles. The van der Waals surface area contributed by atoms with Crippen LogP contribution in [0, 0.1) is 5.92 Å². The van der Waals surface area contributed by atoms with Gasteiger partial charge in [-0.3, -0.25) is 0 Å². The molecule has 0 aromatic carbocycles. The van der Waals surface area contributed by atoms with Crippen LogP contribution in [0.15, 0.2) is 0 Å². The summed E-state index contributed by atoms with van der Waals surface area (Å²) in [5, 5.41) is 292.